The van der Waals surface area contributed by atoms with E-state index in [1.54, 1.807) is 12.2 Å². The lowest BCUT2D eigenvalue weighted by atomic mass is 9.46. The Balaban J connectivity index is 1.60. The first kappa shape index (κ1) is 22.1. The van der Waals surface area contributed by atoms with Gasteiger partial charge in [0.1, 0.15) is 11.4 Å². The van der Waals surface area contributed by atoms with Crippen LogP contribution in [0.5, 0.6) is 0 Å². The summed E-state index contributed by atoms with van der Waals surface area (Å²) in [5.74, 6) is -1.57. The van der Waals surface area contributed by atoms with E-state index in [2.05, 4.69) is 0 Å². The number of carbonyl (C=O) groups is 4. The molecule has 0 amide bonds. The van der Waals surface area contributed by atoms with Crippen LogP contribution in [0.4, 0.5) is 0 Å². The van der Waals surface area contributed by atoms with Crippen LogP contribution < -0.4 is 0 Å². The number of ketones is 3. The van der Waals surface area contributed by atoms with E-state index in [4.69, 9.17) is 9.84 Å². The molecule has 7 nitrogen and oxygen atoms in total. The van der Waals surface area contributed by atoms with E-state index in [0.717, 1.165) is 18.4 Å². The molecule has 0 aromatic carbocycles. The predicted molar refractivity (Wildman–Crippen MR) is 110 cm³/mol. The van der Waals surface area contributed by atoms with Crippen LogP contribution >= 0.6 is 0 Å². The number of Topliss-reactive ketones (excluding diaryl/α,β-unsaturated/α-hetero) is 2. The first-order chi connectivity index (χ1) is 14.6. The number of hydrogen-bond acceptors (Lipinski definition) is 7. The third-order valence-electron chi connectivity index (χ3n) is 8.55. The molecule has 0 heterocycles. The van der Waals surface area contributed by atoms with E-state index in [1.165, 1.54) is 0 Å². The number of hydrogen-bond donors (Lipinski definition) is 2. The molecule has 0 unspecified atom stereocenters. The SMILES string of the molecule is C[C@]12C=CC(=O)C=C1CC[C@@H]1[C@@H]2C(=O)C[C@@]2(C)[C@H]1CC[C@]2(O)C(=O)COC(=O)CCO. The minimum absolute atomic E-state index is 0.0123. The molecule has 0 bridgehead atoms. The number of carbonyl (C=O) groups excluding carboxylic acids is 4. The van der Waals surface area contributed by atoms with Crippen LogP contribution in [-0.4, -0.2) is 52.3 Å². The van der Waals surface area contributed by atoms with Gasteiger partial charge in [-0.25, -0.2) is 0 Å². The lowest BCUT2D eigenvalue weighted by Crippen LogP contribution is -2.60. The highest BCUT2D eigenvalue weighted by molar-refractivity contribution is 6.02. The zero-order valence-electron chi connectivity index (χ0n) is 18.1. The molecule has 4 aliphatic rings. The Kier molecular flexibility index (Phi) is 5.33. The summed E-state index contributed by atoms with van der Waals surface area (Å²) in [5, 5.41) is 20.3. The summed E-state index contributed by atoms with van der Waals surface area (Å²) >= 11 is 0. The van der Waals surface area contributed by atoms with Crippen molar-refractivity contribution in [2.24, 2.45) is 28.6 Å². The van der Waals surface area contributed by atoms with Gasteiger partial charge in [-0.15, -0.1) is 0 Å². The van der Waals surface area contributed by atoms with Gasteiger partial charge < -0.3 is 14.9 Å². The van der Waals surface area contributed by atoms with Crippen LogP contribution in [0.1, 0.15) is 52.4 Å². The fourth-order valence-corrected chi connectivity index (χ4v) is 6.92. The molecule has 0 saturated heterocycles. The molecule has 0 radical (unpaired) electrons. The van der Waals surface area contributed by atoms with Crippen molar-refractivity contribution in [3.8, 4) is 0 Å². The van der Waals surface area contributed by atoms with Gasteiger partial charge in [-0.1, -0.05) is 25.5 Å². The quantitative estimate of drug-likeness (QED) is 0.637. The number of fused-ring (bicyclic) bond motifs is 5. The molecule has 0 aromatic rings. The third kappa shape index (κ3) is 3.16. The molecular formula is C24H30O7. The van der Waals surface area contributed by atoms with E-state index in [0.29, 0.717) is 6.42 Å². The van der Waals surface area contributed by atoms with Crippen molar-refractivity contribution in [1.82, 2.24) is 0 Å². The van der Waals surface area contributed by atoms with Gasteiger partial charge in [-0.3, -0.25) is 19.2 Å². The lowest BCUT2D eigenvalue weighted by Gasteiger charge is -2.56. The molecule has 0 aromatic heterocycles. The monoisotopic (exact) mass is 430 g/mol. The second kappa shape index (κ2) is 7.48. The summed E-state index contributed by atoms with van der Waals surface area (Å²) in [6.07, 6.45) is 7.26. The minimum atomic E-state index is -1.73. The summed E-state index contributed by atoms with van der Waals surface area (Å²) in [4.78, 5) is 49.9. The molecule has 2 N–H and O–H groups in total. The van der Waals surface area contributed by atoms with Gasteiger partial charge in [0.25, 0.3) is 0 Å². The van der Waals surface area contributed by atoms with Crippen molar-refractivity contribution in [1.29, 1.82) is 0 Å². The smallest absolute Gasteiger partial charge is 0.308 e. The fourth-order valence-electron chi connectivity index (χ4n) is 6.92. The third-order valence-corrected chi connectivity index (χ3v) is 8.55. The number of aliphatic hydroxyl groups is 2. The highest BCUT2D eigenvalue weighted by atomic mass is 16.5. The average molecular weight is 430 g/mol. The van der Waals surface area contributed by atoms with Crippen molar-refractivity contribution in [3.63, 3.8) is 0 Å². The van der Waals surface area contributed by atoms with Gasteiger partial charge >= 0.3 is 5.97 Å². The maximum absolute atomic E-state index is 13.5. The van der Waals surface area contributed by atoms with Crippen LogP contribution in [0.15, 0.2) is 23.8 Å². The first-order valence-corrected chi connectivity index (χ1v) is 11.1. The van der Waals surface area contributed by atoms with Crippen molar-refractivity contribution in [2.45, 2.75) is 58.0 Å². The summed E-state index contributed by atoms with van der Waals surface area (Å²) in [5.41, 5.74) is -2.15. The molecule has 3 fully saturated rings. The molecule has 0 spiro atoms. The zero-order chi connectivity index (χ0) is 22.6. The normalized spacial score (nSPS) is 41.2. The van der Waals surface area contributed by atoms with Crippen molar-refractivity contribution >= 4 is 23.3 Å². The Bertz CT molecular complexity index is 902. The minimum Gasteiger partial charge on any atom is -0.457 e. The Labute approximate surface area is 181 Å². The lowest BCUT2D eigenvalue weighted by molar-refractivity contribution is -0.172. The number of allylic oxidation sites excluding steroid dienone is 4. The molecular weight excluding hydrogens is 400 g/mol. The van der Waals surface area contributed by atoms with Crippen molar-refractivity contribution < 1.29 is 34.1 Å². The van der Waals surface area contributed by atoms with Gasteiger partial charge in [0.05, 0.1) is 13.0 Å². The first-order valence-electron chi connectivity index (χ1n) is 11.1. The van der Waals surface area contributed by atoms with E-state index >= 15 is 0 Å². The number of rotatable bonds is 5. The van der Waals surface area contributed by atoms with Gasteiger partial charge in [0.2, 0.25) is 5.78 Å². The molecule has 168 valence electrons. The van der Waals surface area contributed by atoms with E-state index in [9.17, 15) is 24.3 Å². The van der Waals surface area contributed by atoms with E-state index in [1.807, 2.05) is 19.9 Å². The Morgan fingerprint density at radius 2 is 1.97 bits per heavy atom. The van der Waals surface area contributed by atoms with Gasteiger partial charge in [-0.05, 0) is 49.7 Å². The molecule has 0 aliphatic heterocycles. The topological polar surface area (TPSA) is 118 Å². The fraction of sp³-hybridized carbons (Fsp3) is 0.667. The van der Waals surface area contributed by atoms with E-state index < -0.39 is 34.8 Å². The van der Waals surface area contributed by atoms with Crippen LogP contribution in [-0.2, 0) is 23.9 Å². The zero-order valence-corrected chi connectivity index (χ0v) is 18.1. The Morgan fingerprint density at radius 3 is 2.68 bits per heavy atom. The number of esters is 1. The van der Waals surface area contributed by atoms with E-state index in [-0.39, 0.29) is 55.2 Å². The van der Waals surface area contributed by atoms with Crippen molar-refractivity contribution in [2.75, 3.05) is 13.2 Å². The maximum Gasteiger partial charge on any atom is 0.308 e. The maximum atomic E-state index is 13.5. The van der Waals surface area contributed by atoms with Crippen LogP contribution in [0.25, 0.3) is 0 Å². The highest BCUT2D eigenvalue weighted by Gasteiger charge is 2.68. The molecule has 4 rings (SSSR count). The molecule has 3 saturated carbocycles. The number of aliphatic hydroxyl groups excluding tert-OH is 1. The summed E-state index contributed by atoms with van der Waals surface area (Å²) in [6, 6.07) is 0. The predicted octanol–water partition coefficient (Wildman–Crippen LogP) is 1.70. The molecule has 7 heteroatoms. The standard InChI is InChI=1S/C24H30O7/c1-22-8-5-15(26)11-14(22)3-4-16-17-6-9-24(30,19(28)13-31-20(29)7-10-25)23(17,2)12-18(27)21(16)22/h5,8,11,16-17,21,25,30H,3-4,6-7,9-10,12-13H2,1-2H3/t16-,17-,21+,22-,23-,24-/m0/s1. The van der Waals surface area contributed by atoms with Gasteiger partial charge in [-0.2, -0.15) is 0 Å². The molecule has 31 heavy (non-hydrogen) atoms. The molecule has 6 atom stereocenters. The molecule has 4 aliphatic carbocycles. The summed E-state index contributed by atoms with van der Waals surface area (Å²) < 4.78 is 4.93. The average Bonchev–Trinajstić information content (AvgIpc) is 2.98. The van der Waals surface area contributed by atoms with Gasteiger partial charge in [0, 0.05) is 23.2 Å². The van der Waals surface area contributed by atoms with Crippen LogP contribution in [0, 0.1) is 28.6 Å². The van der Waals surface area contributed by atoms with Crippen LogP contribution in [0.2, 0.25) is 0 Å². The summed E-state index contributed by atoms with van der Waals surface area (Å²) in [7, 11) is 0. The van der Waals surface area contributed by atoms with Crippen molar-refractivity contribution in [3.05, 3.63) is 23.8 Å². The summed E-state index contributed by atoms with van der Waals surface area (Å²) in [6.45, 7) is 2.91. The second-order valence-electron chi connectivity index (χ2n) is 9.99. The second-order valence-corrected chi connectivity index (χ2v) is 9.99. The van der Waals surface area contributed by atoms with Crippen LogP contribution in [0.3, 0.4) is 0 Å². The Hall–Kier alpha value is -2.12. The number of ether oxygens (including phenoxy) is 1. The van der Waals surface area contributed by atoms with Gasteiger partial charge in [0.15, 0.2) is 12.4 Å². The Morgan fingerprint density at radius 1 is 1.23 bits per heavy atom. The largest absolute Gasteiger partial charge is 0.457 e. The highest BCUT2D eigenvalue weighted by Crippen LogP contribution is 2.66.